The van der Waals surface area contributed by atoms with E-state index in [4.69, 9.17) is 0 Å². The van der Waals surface area contributed by atoms with Gasteiger partial charge in [0.25, 0.3) is 0 Å². The number of rotatable bonds is 4. The average Bonchev–Trinajstić information content (AvgIpc) is 2.16. The highest BCUT2D eigenvalue weighted by atomic mass is 32.2. The molecule has 4 nitrogen and oxygen atoms in total. The van der Waals surface area contributed by atoms with Crippen LogP contribution in [0, 0.1) is 13.8 Å². The predicted octanol–water partition coefficient (Wildman–Crippen LogP) is 1.64. The van der Waals surface area contributed by atoms with Crippen LogP contribution >= 0.6 is 0 Å². The number of nitrogens with one attached hydrogen (secondary N) is 2. The fourth-order valence-electron chi connectivity index (χ4n) is 1.78. The van der Waals surface area contributed by atoms with E-state index in [1.807, 2.05) is 19.1 Å². The molecule has 0 unspecified atom stereocenters. The molecule has 0 heterocycles. The molecule has 16 heavy (non-hydrogen) atoms. The van der Waals surface area contributed by atoms with E-state index in [-0.39, 0.29) is 0 Å². The zero-order valence-electron chi connectivity index (χ0n) is 10.1. The molecular weight excluding hydrogens is 224 g/mol. The Kier molecular flexibility index (Phi) is 3.93. The molecule has 5 heteroatoms. The Labute approximate surface area is 97.1 Å². The van der Waals surface area contributed by atoms with E-state index >= 15 is 0 Å². The molecule has 1 aromatic carbocycles. The zero-order chi connectivity index (χ0) is 12.3. The van der Waals surface area contributed by atoms with Crippen LogP contribution < -0.4 is 10.0 Å². The molecule has 0 amide bonds. The Bertz CT molecular complexity index is 458. The van der Waals surface area contributed by atoms with E-state index in [0.29, 0.717) is 4.90 Å². The Balaban J connectivity index is 3.34. The fourth-order valence-corrected chi connectivity index (χ4v) is 2.95. The van der Waals surface area contributed by atoms with Crippen LogP contribution in [-0.4, -0.2) is 22.0 Å². The van der Waals surface area contributed by atoms with Gasteiger partial charge in [-0.3, -0.25) is 0 Å². The van der Waals surface area contributed by atoms with Crippen LogP contribution in [0.3, 0.4) is 0 Å². The van der Waals surface area contributed by atoms with Gasteiger partial charge in [0.05, 0.1) is 4.90 Å². The Morgan fingerprint density at radius 2 is 1.69 bits per heavy atom. The first-order valence-electron chi connectivity index (χ1n) is 5.21. The van der Waals surface area contributed by atoms with E-state index in [2.05, 4.69) is 10.0 Å². The summed E-state index contributed by atoms with van der Waals surface area (Å²) >= 11 is 0. The van der Waals surface area contributed by atoms with Crippen molar-refractivity contribution in [3.05, 3.63) is 23.3 Å². The monoisotopic (exact) mass is 242 g/mol. The van der Waals surface area contributed by atoms with Crippen molar-refractivity contribution in [3.63, 3.8) is 0 Å². The second-order valence-electron chi connectivity index (χ2n) is 3.68. The first-order chi connectivity index (χ1) is 7.42. The van der Waals surface area contributed by atoms with Gasteiger partial charge < -0.3 is 5.32 Å². The van der Waals surface area contributed by atoms with Gasteiger partial charge in [0.15, 0.2) is 0 Å². The third kappa shape index (κ3) is 2.54. The van der Waals surface area contributed by atoms with E-state index in [1.165, 1.54) is 7.05 Å². The highest BCUT2D eigenvalue weighted by Crippen LogP contribution is 2.23. The topological polar surface area (TPSA) is 58.2 Å². The third-order valence-electron chi connectivity index (χ3n) is 2.38. The second kappa shape index (κ2) is 4.84. The normalized spacial score (nSPS) is 11.5. The maximum Gasteiger partial charge on any atom is 0.240 e. The molecule has 0 aliphatic heterocycles. The molecule has 0 aliphatic carbocycles. The lowest BCUT2D eigenvalue weighted by Crippen LogP contribution is -2.20. The summed E-state index contributed by atoms with van der Waals surface area (Å²) in [6.07, 6.45) is 0. The number of hydrogen-bond acceptors (Lipinski definition) is 3. The van der Waals surface area contributed by atoms with Gasteiger partial charge in [-0.1, -0.05) is 0 Å². The van der Waals surface area contributed by atoms with Gasteiger partial charge in [-0.25, -0.2) is 13.1 Å². The molecule has 0 saturated heterocycles. The van der Waals surface area contributed by atoms with Gasteiger partial charge in [-0.2, -0.15) is 0 Å². The van der Waals surface area contributed by atoms with Crippen LogP contribution in [0.4, 0.5) is 5.69 Å². The highest BCUT2D eigenvalue weighted by Gasteiger charge is 2.17. The summed E-state index contributed by atoms with van der Waals surface area (Å²) < 4.78 is 25.9. The van der Waals surface area contributed by atoms with Gasteiger partial charge in [0.2, 0.25) is 10.0 Å². The minimum atomic E-state index is -3.37. The summed E-state index contributed by atoms with van der Waals surface area (Å²) in [6.45, 7) is 6.43. The number of aryl methyl sites for hydroxylation is 2. The van der Waals surface area contributed by atoms with Crippen molar-refractivity contribution in [2.24, 2.45) is 0 Å². The van der Waals surface area contributed by atoms with Crippen LogP contribution in [-0.2, 0) is 10.0 Å². The van der Waals surface area contributed by atoms with E-state index in [1.54, 1.807) is 13.8 Å². The van der Waals surface area contributed by atoms with E-state index in [0.717, 1.165) is 23.4 Å². The number of benzene rings is 1. The molecule has 0 saturated carbocycles. The van der Waals surface area contributed by atoms with Crippen molar-refractivity contribution in [2.45, 2.75) is 25.7 Å². The molecule has 1 aromatic rings. The predicted molar refractivity (Wildman–Crippen MR) is 66.3 cm³/mol. The summed E-state index contributed by atoms with van der Waals surface area (Å²) in [5.41, 5.74) is 2.46. The molecule has 0 radical (unpaired) electrons. The van der Waals surface area contributed by atoms with Crippen molar-refractivity contribution >= 4 is 15.7 Å². The Hall–Kier alpha value is -1.07. The first-order valence-corrected chi connectivity index (χ1v) is 6.69. The first kappa shape index (κ1) is 13.0. The van der Waals surface area contributed by atoms with E-state index in [9.17, 15) is 8.42 Å². The van der Waals surface area contributed by atoms with Crippen LogP contribution in [0.25, 0.3) is 0 Å². The summed E-state index contributed by atoms with van der Waals surface area (Å²) in [6, 6.07) is 3.70. The third-order valence-corrected chi connectivity index (χ3v) is 4.10. The van der Waals surface area contributed by atoms with Crippen LogP contribution in [0.2, 0.25) is 0 Å². The lowest BCUT2D eigenvalue weighted by atomic mass is 10.1. The van der Waals surface area contributed by atoms with Crippen molar-refractivity contribution in [1.82, 2.24) is 4.72 Å². The van der Waals surface area contributed by atoms with Crippen molar-refractivity contribution in [2.75, 3.05) is 18.9 Å². The van der Waals surface area contributed by atoms with Crippen molar-refractivity contribution in [1.29, 1.82) is 0 Å². The van der Waals surface area contributed by atoms with Crippen LogP contribution in [0.5, 0.6) is 0 Å². The van der Waals surface area contributed by atoms with Crippen LogP contribution in [0.15, 0.2) is 17.0 Å². The summed E-state index contributed by atoms with van der Waals surface area (Å²) in [4.78, 5) is 0.372. The van der Waals surface area contributed by atoms with Crippen molar-refractivity contribution < 1.29 is 8.42 Å². The van der Waals surface area contributed by atoms with Gasteiger partial charge in [0.1, 0.15) is 0 Å². The average molecular weight is 242 g/mol. The lowest BCUT2D eigenvalue weighted by molar-refractivity contribution is 0.587. The molecule has 1 rings (SSSR count). The van der Waals surface area contributed by atoms with Gasteiger partial charge >= 0.3 is 0 Å². The maximum atomic E-state index is 11.8. The molecular formula is C11H18N2O2S. The minimum Gasteiger partial charge on any atom is -0.385 e. The zero-order valence-corrected chi connectivity index (χ0v) is 10.9. The summed E-state index contributed by atoms with van der Waals surface area (Å²) in [7, 11) is -1.95. The van der Waals surface area contributed by atoms with Gasteiger partial charge in [-0.15, -0.1) is 0 Å². The Morgan fingerprint density at radius 1 is 1.19 bits per heavy atom. The molecule has 0 atom stereocenters. The minimum absolute atomic E-state index is 0.372. The SMILES string of the molecule is CCNc1cc(C)c(S(=O)(=O)NC)c(C)c1. The number of anilines is 1. The molecule has 0 spiro atoms. The standard InChI is InChI=1S/C11H18N2O2S/c1-5-13-10-6-8(2)11(9(3)7-10)16(14,15)12-4/h6-7,12-13H,5H2,1-4H3. The quantitative estimate of drug-likeness (QED) is 0.844. The maximum absolute atomic E-state index is 11.8. The summed E-state index contributed by atoms with van der Waals surface area (Å²) in [5.74, 6) is 0. The van der Waals surface area contributed by atoms with Crippen molar-refractivity contribution in [3.8, 4) is 0 Å². The number of sulfonamides is 1. The summed E-state index contributed by atoms with van der Waals surface area (Å²) in [5, 5.41) is 3.17. The lowest BCUT2D eigenvalue weighted by Gasteiger charge is -2.13. The molecule has 2 N–H and O–H groups in total. The smallest absolute Gasteiger partial charge is 0.240 e. The highest BCUT2D eigenvalue weighted by molar-refractivity contribution is 7.89. The van der Waals surface area contributed by atoms with Gasteiger partial charge in [-0.05, 0) is 51.1 Å². The molecule has 90 valence electrons. The fraction of sp³-hybridized carbons (Fsp3) is 0.455. The molecule has 0 fully saturated rings. The second-order valence-corrected chi connectivity index (χ2v) is 5.50. The molecule has 0 bridgehead atoms. The van der Waals surface area contributed by atoms with E-state index < -0.39 is 10.0 Å². The number of hydrogen-bond donors (Lipinski definition) is 2. The Morgan fingerprint density at radius 3 is 2.06 bits per heavy atom. The van der Waals surface area contributed by atoms with Gasteiger partial charge in [0, 0.05) is 12.2 Å². The molecule has 0 aromatic heterocycles. The molecule has 0 aliphatic rings. The largest absolute Gasteiger partial charge is 0.385 e. The van der Waals surface area contributed by atoms with Crippen LogP contribution in [0.1, 0.15) is 18.1 Å².